The molecule has 2 aliphatic rings. The fraction of sp³-hybridized carbons (Fsp3) is 0.444. The van der Waals surface area contributed by atoms with Crippen LogP contribution in [0, 0.1) is 5.92 Å². The zero-order valence-electron chi connectivity index (χ0n) is 13.2. The predicted molar refractivity (Wildman–Crippen MR) is 85.7 cm³/mol. The number of aromatic nitrogens is 2. The van der Waals surface area contributed by atoms with Gasteiger partial charge in [-0.15, -0.1) is 0 Å². The van der Waals surface area contributed by atoms with Gasteiger partial charge in [-0.05, 0) is 30.4 Å². The van der Waals surface area contributed by atoms with Crippen LogP contribution in [-0.4, -0.2) is 22.3 Å². The Balaban J connectivity index is 1.49. The number of nitrogens with one attached hydrogen (secondary N) is 1. The first kappa shape index (κ1) is 14.5. The van der Waals surface area contributed by atoms with Crippen molar-refractivity contribution in [1.82, 2.24) is 15.1 Å². The number of hydrogen-bond acceptors (Lipinski definition) is 3. The van der Waals surface area contributed by atoms with Crippen LogP contribution in [0.2, 0.25) is 0 Å². The fourth-order valence-electron chi connectivity index (χ4n) is 3.76. The Bertz CT molecular complexity index is 725. The Hall–Kier alpha value is -2.14. The van der Waals surface area contributed by atoms with Crippen molar-refractivity contribution in [3.8, 4) is 0 Å². The van der Waals surface area contributed by atoms with E-state index in [1.54, 1.807) is 10.9 Å². The molecule has 4 rings (SSSR count). The molecule has 1 aliphatic heterocycles. The van der Waals surface area contributed by atoms with Gasteiger partial charge in [-0.1, -0.05) is 24.3 Å². The van der Waals surface area contributed by atoms with E-state index in [1.165, 1.54) is 11.1 Å². The van der Waals surface area contributed by atoms with Crippen LogP contribution in [0.4, 0.5) is 0 Å². The zero-order valence-corrected chi connectivity index (χ0v) is 13.2. The van der Waals surface area contributed by atoms with Crippen LogP contribution in [0.25, 0.3) is 0 Å². The molecule has 0 radical (unpaired) electrons. The molecular weight excluding hydrogens is 290 g/mol. The summed E-state index contributed by atoms with van der Waals surface area (Å²) in [5, 5.41) is 7.43. The molecule has 1 saturated heterocycles. The van der Waals surface area contributed by atoms with Crippen LogP contribution in [0.15, 0.2) is 36.7 Å². The molecule has 1 aromatic carbocycles. The molecule has 0 spiro atoms. The lowest BCUT2D eigenvalue weighted by atomic mass is 9.95. The lowest BCUT2D eigenvalue weighted by molar-refractivity contribution is -0.127. The van der Waals surface area contributed by atoms with Gasteiger partial charge in [0.15, 0.2) is 0 Å². The summed E-state index contributed by atoms with van der Waals surface area (Å²) in [6, 6.07) is 8.51. The Morgan fingerprint density at radius 2 is 2.22 bits per heavy atom. The van der Waals surface area contributed by atoms with E-state index in [-0.39, 0.29) is 24.0 Å². The van der Waals surface area contributed by atoms with Crippen LogP contribution in [-0.2, 0) is 23.0 Å². The maximum atomic E-state index is 12.8. The summed E-state index contributed by atoms with van der Waals surface area (Å²) >= 11 is 0. The summed E-state index contributed by atoms with van der Waals surface area (Å²) in [5.41, 5.74) is 3.60. The normalized spacial score (nSPS) is 26.2. The van der Waals surface area contributed by atoms with Gasteiger partial charge in [0.05, 0.1) is 24.3 Å². The standard InChI is InChI=1S/C18H21N3O2/c1-21-11-13(10-19-21)17-15(8-9-23-17)18(22)20-16-7-6-12-4-2-3-5-14(12)16/h2-5,10-11,15-17H,6-9H2,1H3,(H,20,22)/t15-,16-,17+/m0/s1. The number of fused-ring (bicyclic) bond motifs is 1. The molecule has 1 aliphatic carbocycles. The van der Waals surface area contributed by atoms with Gasteiger partial charge in [0.25, 0.3) is 0 Å². The molecule has 2 aromatic rings. The number of amides is 1. The van der Waals surface area contributed by atoms with E-state index in [9.17, 15) is 4.79 Å². The van der Waals surface area contributed by atoms with Gasteiger partial charge in [0.1, 0.15) is 0 Å². The Morgan fingerprint density at radius 3 is 3.04 bits per heavy atom. The van der Waals surface area contributed by atoms with Gasteiger partial charge in [-0.3, -0.25) is 9.48 Å². The third-order valence-corrected chi connectivity index (χ3v) is 4.93. The topological polar surface area (TPSA) is 56.1 Å². The summed E-state index contributed by atoms with van der Waals surface area (Å²) in [4.78, 5) is 12.8. The van der Waals surface area contributed by atoms with Crippen molar-refractivity contribution >= 4 is 5.91 Å². The molecule has 5 nitrogen and oxygen atoms in total. The van der Waals surface area contributed by atoms with E-state index >= 15 is 0 Å². The van der Waals surface area contributed by atoms with Crippen molar-refractivity contribution in [3.05, 3.63) is 53.3 Å². The van der Waals surface area contributed by atoms with Gasteiger partial charge < -0.3 is 10.1 Å². The molecule has 3 atom stereocenters. The Kier molecular flexibility index (Phi) is 3.65. The molecule has 1 fully saturated rings. The van der Waals surface area contributed by atoms with E-state index < -0.39 is 0 Å². The van der Waals surface area contributed by atoms with E-state index in [4.69, 9.17) is 4.74 Å². The van der Waals surface area contributed by atoms with E-state index in [0.29, 0.717) is 6.61 Å². The number of carbonyl (C=O) groups excluding carboxylic acids is 1. The van der Waals surface area contributed by atoms with Crippen LogP contribution in [0.1, 0.15) is 41.7 Å². The number of nitrogens with zero attached hydrogens (tertiary/aromatic N) is 2. The second kappa shape index (κ2) is 5.81. The molecule has 1 aromatic heterocycles. The number of ether oxygens (including phenoxy) is 1. The maximum absolute atomic E-state index is 12.8. The van der Waals surface area contributed by atoms with Crippen molar-refractivity contribution in [2.24, 2.45) is 13.0 Å². The molecule has 1 N–H and O–H groups in total. The first-order valence-corrected chi connectivity index (χ1v) is 8.20. The molecule has 120 valence electrons. The fourth-order valence-corrected chi connectivity index (χ4v) is 3.76. The number of rotatable bonds is 3. The minimum absolute atomic E-state index is 0.0954. The average Bonchev–Trinajstić information content (AvgIpc) is 3.26. The smallest absolute Gasteiger partial charge is 0.226 e. The zero-order chi connectivity index (χ0) is 15.8. The minimum Gasteiger partial charge on any atom is -0.373 e. The number of benzene rings is 1. The molecule has 0 bridgehead atoms. The number of hydrogen-bond donors (Lipinski definition) is 1. The minimum atomic E-state index is -0.180. The predicted octanol–water partition coefficient (Wildman–Crippen LogP) is 2.30. The lowest BCUT2D eigenvalue weighted by Gasteiger charge is -2.20. The van der Waals surface area contributed by atoms with Crippen LogP contribution >= 0.6 is 0 Å². The largest absolute Gasteiger partial charge is 0.373 e. The highest BCUT2D eigenvalue weighted by Crippen LogP contribution is 2.36. The van der Waals surface area contributed by atoms with E-state index in [2.05, 4.69) is 28.6 Å². The van der Waals surface area contributed by atoms with Crippen molar-refractivity contribution in [2.45, 2.75) is 31.4 Å². The van der Waals surface area contributed by atoms with Gasteiger partial charge in [-0.25, -0.2) is 0 Å². The summed E-state index contributed by atoms with van der Waals surface area (Å²) in [7, 11) is 1.88. The van der Waals surface area contributed by atoms with Crippen LogP contribution in [0.5, 0.6) is 0 Å². The first-order chi connectivity index (χ1) is 11.2. The van der Waals surface area contributed by atoms with Gasteiger partial charge in [0, 0.05) is 25.4 Å². The molecule has 1 amide bonds. The van der Waals surface area contributed by atoms with E-state index in [0.717, 1.165) is 24.8 Å². The Morgan fingerprint density at radius 1 is 1.35 bits per heavy atom. The SMILES string of the molecule is Cn1cc([C@H]2OCC[C@@H]2C(=O)N[C@H]2CCc3ccccc32)cn1. The molecule has 0 unspecified atom stereocenters. The lowest BCUT2D eigenvalue weighted by Crippen LogP contribution is -2.34. The van der Waals surface area contributed by atoms with Crippen molar-refractivity contribution in [2.75, 3.05) is 6.61 Å². The monoisotopic (exact) mass is 311 g/mol. The second-order valence-corrected chi connectivity index (χ2v) is 6.43. The molecule has 23 heavy (non-hydrogen) atoms. The number of carbonyl (C=O) groups is 1. The summed E-state index contributed by atoms with van der Waals surface area (Å²) < 4.78 is 7.56. The van der Waals surface area contributed by atoms with Crippen LogP contribution in [0.3, 0.4) is 0 Å². The maximum Gasteiger partial charge on any atom is 0.226 e. The number of aryl methyl sites for hydroxylation is 2. The summed E-state index contributed by atoms with van der Waals surface area (Å²) in [6.45, 7) is 0.624. The highest BCUT2D eigenvalue weighted by molar-refractivity contribution is 5.80. The molecule has 0 saturated carbocycles. The van der Waals surface area contributed by atoms with Gasteiger partial charge in [0.2, 0.25) is 5.91 Å². The van der Waals surface area contributed by atoms with Crippen molar-refractivity contribution in [3.63, 3.8) is 0 Å². The van der Waals surface area contributed by atoms with Gasteiger partial charge >= 0.3 is 0 Å². The summed E-state index contributed by atoms with van der Waals surface area (Å²) in [5.74, 6) is -0.0370. The third kappa shape index (κ3) is 2.65. The Labute approximate surface area is 135 Å². The molecule has 5 heteroatoms. The van der Waals surface area contributed by atoms with Crippen molar-refractivity contribution < 1.29 is 9.53 Å². The first-order valence-electron chi connectivity index (χ1n) is 8.20. The molecular formula is C18H21N3O2. The second-order valence-electron chi connectivity index (χ2n) is 6.43. The third-order valence-electron chi connectivity index (χ3n) is 4.93. The molecule has 2 heterocycles. The summed E-state index contributed by atoms with van der Waals surface area (Å²) in [6.07, 6.45) is 6.33. The average molecular weight is 311 g/mol. The quantitative estimate of drug-likeness (QED) is 0.946. The highest BCUT2D eigenvalue weighted by atomic mass is 16.5. The van der Waals surface area contributed by atoms with Crippen molar-refractivity contribution in [1.29, 1.82) is 0 Å². The van der Waals surface area contributed by atoms with Gasteiger partial charge in [-0.2, -0.15) is 5.10 Å². The highest BCUT2D eigenvalue weighted by Gasteiger charge is 2.37. The van der Waals surface area contributed by atoms with E-state index in [1.807, 2.05) is 19.3 Å². The van der Waals surface area contributed by atoms with Crippen LogP contribution < -0.4 is 5.32 Å².